The zero-order chi connectivity index (χ0) is 22.1. The summed E-state index contributed by atoms with van der Waals surface area (Å²) < 4.78 is 38.2. The van der Waals surface area contributed by atoms with Gasteiger partial charge in [0.1, 0.15) is 5.82 Å². The Balaban J connectivity index is 1.78. The third-order valence-electron chi connectivity index (χ3n) is 4.71. The van der Waals surface area contributed by atoms with Gasteiger partial charge in [-0.25, -0.2) is 22.9 Å². The number of thioether (sulfide) groups is 1. The number of aryl methyl sites for hydroxylation is 1. The van der Waals surface area contributed by atoms with Crippen LogP contribution in [0.15, 0.2) is 52.5 Å². The van der Waals surface area contributed by atoms with Crippen LogP contribution in [-0.4, -0.2) is 29.1 Å². The first-order valence-electron chi connectivity index (χ1n) is 9.35. The van der Waals surface area contributed by atoms with E-state index in [0.29, 0.717) is 17.2 Å². The quantitative estimate of drug-likeness (QED) is 0.538. The third-order valence-corrected chi connectivity index (χ3v) is 6.71. The lowest BCUT2D eigenvalue weighted by Crippen LogP contribution is -2.33. The first kappa shape index (κ1) is 22.3. The summed E-state index contributed by atoms with van der Waals surface area (Å²) in [7, 11) is -3.83. The molecule has 2 aromatic carbocycles. The van der Waals surface area contributed by atoms with Gasteiger partial charge in [-0.3, -0.25) is 4.79 Å². The maximum absolute atomic E-state index is 13.1. The molecule has 3 N–H and O–H groups in total. The lowest BCUT2D eigenvalue weighted by molar-refractivity contribution is -0.120. The molecule has 0 unspecified atom stereocenters. The summed E-state index contributed by atoms with van der Waals surface area (Å²) in [6.45, 7) is 6.15. The van der Waals surface area contributed by atoms with Gasteiger partial charge in [-0.15, -0.1) is 0 Å². The lowest BCUT2D eigenvalue weighted by Gasteiger charge is -2.18. The van der Waals surface area contributed by atoms with Crippen molar-refractivity contribution in [2.24, 2.45) is 5.14 Å². The third kappa shape index (κ3) is 4.82. The Kier molecular flexibility index (Phi) is 6.49. The molecule has 1 heterocycles. The van der Waals surface area contributed by atoms with Crippen LogP contribution in [0.4, 0.5) is 4.39 Å². The molecule has 7 nitrogen and oxygen atoms in total. The average molecular weight is 451 g/mol. The van der Waals surface area contributed by atoms with E-state index in [0.717, 1.165) is 11.1 Å². The van der Waals surface area contributed by atoms with Gasteiger partial charge in [0.15, 0.2) is 5.16 Å². The van der Waals surface area contributed by atoms with E-state index in [-0.39, 0.29) is 22.7 Å². The molecular weight excluding hydrogens is 427 g/mol. The first-order valence-corrected chi connectivity index (χ1v) is 11.8. The van der Waals surface area contributed by atoms with Crippen molar-refractivity contribution in [3.63, 3.8) is 0 Å². The van der Waals surface area contributed by atoms with Crippen molar-refractivity contribution in [1.29, 1.82) is 0 Å². The molecular formula is C20H23FN4O3S2. The number of carbonyl (C=O) groups excluding carboxylic acids is 1. The van der Waals surface area contributed by atoms with Crippen molar-refractivity contribution in [3.8, 4) is 0 Å². The molecule has 2 atom stereocenters. The molecule has 0 aliphatic carbocycles. The summed E-state index contributed by atoms with van der Waals surface area (Å²) in [5, 5.41) is 8.28. The Morgan fingerprint density at radius 1 is 1.23 bits per heavy atom. The van der Waals surface area contributed by atoms with Crippen molar-refractivity contribution in [1.82, 2.24) is 14.9 Å². The van der Waals surface area contributed by atoms with Gasteiger partial charge in [0, 0.05) is 6.54 Å². The molecule has 0 radical (unpaired) electrons. The zero-order valence-electron chi connectivity index (χ0n) is 16.8. The van der Waals surface area contributed by atoms with E-state index in [1.54, 1.807) is 25.1 Å². The molecule has 30 heavy (non-hydrogen) atoms. The topological polar surface area (TPSA) is 107 Å². The molecule has 160 valence electrons. The van der Waals surface area contributed by atoms with Crippen LogP contribution in [0.3, 0.4) is 0 Å². The van der Waals surface area contributed by atoms with Gasteiger partial charge in [-0.2, -0.15) is 0 Å². The second kappa shape index (κ2) is 8.75. The molecule has 1 amide bonds. The fraction of sp³-hybridized carbons (Fsp3) is 0.300. The van der Waals surface area contributed by atoms with E-state index < -0.39 is 15.3 Å². The van der Waals surface area contributed by atoms with Gasteiger partial charge >= 0.3 is 0 Å². The van der Waals surface area contributed by atoms with E-state index in [9.17, 15) is 17.6 Å². The Hall–Kier alpha value is -2.43. The van der Waals surface area contributed by atoms with Gasteiger partial charge in [0.05, 0.1) is 27.2 Å². The number of hydrogen-bond acceptors (Lipinski definition) is 5. The van der Waals surface area contributed by atoms with Gasteiger partial charge in [0.2, 0.25) is 15.9 Å². The summed E-state index contributed by atoms with van der Waals surface area (Å²) >= 11 is 1.28. The van der Waals surface area contributed by atoms with Crippen LogP contribution in [0.5, 0.6) is 0 Å². The van der Waals surface area contributed by atoms with Gasteiger partial charge < -0.3 is 9.88 Å². The van der Waals surface area contributed by atoms with Gasteiger partial charge in [-0.1, -0.05) is 23.9 Å². The van der Waals surface area contributed by atoms with Crippen LogP contribution in [-0.2, 0) is 21.4 Å². The van der Waals surface area contributed by atoms with E-state index >= 15 is 0 Å². The molecule has 0 spiro atoms. The number of sulfonamides is 1. The SMILES string of the molecule is CCn1c(S[C@H](C)C(=O)N[C@@H](C)c2ccc(F)cc2)nc2cc(S(N)(=O)=O)ccc21. The Morgan fingerprint density at radius 2 is 1.90 bits per heavy atom. The van der Waals surface area contributed by atoms with E-state index in [4.69, 9.17) is 5.14 Å². The number of nitrogens with zero attached hydrogens (tertiary/aromatic N) is 2. The predicted molar refractivity (Wildman–Crippen MR) is 115 cm³/mol. The number of halogens is 1. The molecule has 1 aromatic heterocycles. The number of amides is 1. The largest absolute Gasteiger partial charge is 0.349 e. The van der Waals surface area contributed by atoms with Crippen LogP contribution < -0.4 is 10.5 Å². The molecule has 0 saturated carbocycles. The average Bonchev–Trinajstić information content (AvgIpc) is 3.03. The van der Waals surface area contributed by atoms with Crippen LogP contribution in [0.25, 0.3) is 11.0 Å². The number of rotatable bonds is 7. The number of benzene rings is 2. The highest BCUT2D eigenvalue weighted by molar-refractivity contribution is 8.00. The summed E-state index contributed by atoms with van der Waals surface area (Å²) in [6, 6.07) is 10.3. The summed E-state index contributed by atoms with van der Waals surface area (Å²) in [6.07, 6.45) is 0. The standard InChI is InChI=1S/C20H23FN4O3S2/c1-4-25-18-10-9-16(30(22,27)28)11-17(18)24-20(25)29-13(3)19(26)23-12(2)14-5-7-15(21)8-6-14/h5-13H,4H2,1-3H3,(H,23,26)(H2,22,27,28)/t12-,13+/m0/s1. The first-order chi connectivity index (χ1) is 14.1. The molecule has 0 aliphatic rings. The minimum Gasteiger partial charge on any atom is -0.349 e. The van der Waals surface area contributed by atoms with Crippen LogP contribution in [0, 0.1) is 5.82 Å². The van der Waals surface area contributed by atoms with Crippen LogP contribution >= 0.6 is 11.8 Å². The van der Waals surface area contributed by atoms with Crippen molar-refractivity contribution >= 4 is 38.7 Å². The second-order valence-corrected chi connectivity index (χ2v) is 9.75. The zero-order valence-corrected chi connectivity index (χ0v) is 18.4. The maximum Gasteiger partial charge on any atom is 0.238 e. The van der Waals surface area contributed by atoms with Crippen molar-refractivity contribution < 1.29 is 17.6 Å². The number of hydrogen-bond donors (Lipinski definition) is 2. The van der Waals surface area contributed by atoms with Crippen LogP contribution in [0.2, 0.25) is 0 Å². The molecule has 3 aromatic rings. The molecule has 0 bridgehead atoms. The maximum atomic E-state index is 13.1. The van der Waals surface area contributed by atoms with E-state index in [2.05, 4.69) is 10.3 Å². The minimum atomic E-state index is -3.83. The highest BCUT2D eigenvalue weighted by Crippen LogP contribution is 2.29. The smallest absolute Gasteiger partial charge is 0.238 e. The van der Waals surface area contributed by atoms with Crippen molar-refractivity contribution in [3.05, 3.63) is 53.8 Å². The number of carbonyl (C=O) groups is 1. The number of nitrogens with two attached hydrogens (primary N) is 1. The second-order valence-electron chi connectivity index (χ2n) is 6.88. The number of primary sulfonamides is 1. The normalized spacial score (nSPS) is 13.9. The number of nitrogens with one attached hydrogen (secondary N) is 1. The highest BCUT2D eigenvalue weighted by atomic mass is 32.2. The molecule has 0 aliphatic heterocycles. The Bertz CT molecular complexity index is 1180. The monoisotopic (exact) mass is 450 g/mol. The number of imidazole rings is 1. The van der Waals surface area contributed by atoms with Gasteiger partial charge in [-0.05, 0) is 56.7 Å². The predicted octanol–water partition coefficient (Wildman–Crippen LogP) is 3.20. The van der Waals surface area contributed by atoms with Crippen LogP contribution in [0.1, 0.15) is 32.4 Å². The molecule has 0 fully saturated rings. The van der Waals surface area contributed by atoms with E-state index in [1.807, 2.05) is 18.4 Å². The molecule has 10 heteroatoms. The van der Waals surface area contributed by atoms with Crippen molar-refractivity contribution in [2.75, 3.05) is 0 Å². The minimum absolute atomic E-state index is 0.00813. The molecule has 0 saturated heterocycles. The Morgan fingerprint density at radius 3 is 2.50 bits per heavy atom. The Labute approximate surface area is 178 Å². The van der Waals surface area contributed by atoms with Crippen molar-refractivity contribution in [2.45, 2.75) is 48.7 Å². The number of fused-ring (bicyclic) bond motifs is 1. The summed E-state index contributed by atoms with van der Waals surface area (Å²) in [5.41, 5.74) is 2.07. The number of aromatic nitrogens is 2. The summed E-state index contributed by atoms with van der Waals surface area (Å²) in [5.74, 6) is -0.512. The summed E-state index contributed by atoms with van der Waals surface area (Å²) in [4.78, 5) is 17.2. The fourth-order valence-electron chi connectivity index (χ4n) is 3.04. The highest BCUT2D eigenvalue weighted by Gasteiger charge is 2.21. The van der Waals surface area contributed by atoms with E-state index in [1.165, 1.54) is 36.0 Å². The van der Waals surface area contributed by atoms with Gasteiger partial charge in [0.25, 0.3) is 0 Å². The lowest BCUT2D eigenvalue weighted by atomic mass is 10.1. The fourth-order valence-corrected chi connectivity index (χ4v) is 4.57. The molecule has 3 rings (SSSR count).